The van der Waals surface area contributed by atoms with Crippen LogP contribution in [0, 0.1) is 5.92 Å². The summed E-state index contributed by atoms with van der Waals surface area (Å²) in [5.74, 6) is 0.565. The zero-order chi connectivity index (χ0) is 12.8. The van der Waals surface area contributed by atoms with Crippen molar-refractivity contribution in [2.45, 2.75) is 46.2 Å². The Hall–Kier alpha value is -0.940. The van der Waals surface area contributed by atoms with Gasteiger partial charge in [-0.1, -0.05) is 13.8 Å². The summed E-state index contributed by atoms with van der Waals surface area (Å²) >= 11 is 1.43. The Kier molecular flexibility index (Phi) is 5.58. The first-order valence-electron chi connectivity index (χ1n) is 5.98. The van der Waals surface area contributed by atoms with Crippen molar-refractivity contribution in [1.82, 2.24) is 10.3 Å². The largest absolute Gasteiger partial charge is 0.348 e. The van der Waals surface area contributed by atoms with Gasteiger partial charge in [0, 0.05) is 18.0 Å². The van der Waals surface area contributed by atoms with Gasteiger partial charge >= 0.3 is 0 Å². The van der Waals surface area contributed by atoms with Gasteiger partial charge < -0.3 is 11.1 Å². The highest BCUT2D eigenvalue weighted by molar-refractivity contribution is 7.09. The van der Waals surface area contributed by atoms with Crippen LogP contribution in [-0.4, -0.2) is 16.9 Å². The molecule has 1 amide bonds. The fourth-order valence-corrected chi connectivity index (χ4v) is 2.12. The molecular formula is C12H21N3OS. The number of thiazole rings is 1. The second-order valence-corrected chi connectivity index (χ2v) is 5.62. The standard InChI is InChI=1S/C12H21N3OS/c1-8(2)4-5-9(3)14-12(16)10-7-17-11(6-13)15-10/h7-9H,4-6,13H2,1-3H3,(H,14,16). The van der Waals surface area contributed by atoms with Crippen molar-refractivity contribution in [2.75, 3.05) is 0 Å². The third kappa shape index (κ3) is 4.83. The molecule has 0 aliphatic heterocycles. The van der Waals surface area contributed by atoms with Crippen LogP contribution < -0.4 is 11.1 Å². The lowest BCUT2D eigenvalue weighted by Crippen LogP contribution is -2.33. The number of amides is 1. The van der Waals surface area contributed by atoms with E-state index in [4.69, 9.17) is 5.73 Å². The molecular weight excluding hydrogens is 234 g/mol. The van der Waals surface area contributed by atoms with Crippen LogP contribution in [-0.2, 0) is 6.54 Å². The molecule has 1 aromatic heterocycles. The molecule has 0 saturated carbocycles. The maximum Gasteiger partial charge on any atom is 0.270 e. The Morgan fingerprint density at radius 3 is 2.71 bits per heavy atom. The van der Waals surface area contributed by atoms with Crippen molar-refractivity contribution in [1.29, 1.82) is 0 Å². The maximum atomic E-state index is 11.8. The fourth-order valence-electron chi connectivity index (χ4n) is 1.46. The van der Waals surface area contributed by atoms with E-state index < -0.39 is 0 Å². The van der Waals surface area contributed by atoms with Gasteiger partial charge in [-0.25, -0.2) is 4.98 Å². The molecule has 1 unspecified atom stereocenters. The zero-order valence-corrected chi connectivity index (χ0v) is 11.5. The molecule has 0 radical (unpaired) electrons. The zero-order valence-electron chi connectivity index (χ0n) is 10.7. The molecule has 1 aromatic rings. The Morgan fingerprint density at radius 2 is 2.18 bits per heavy atom. The minimum Gasteiger partial charge on any atom is -0.348 e. The predicted octanol–water partition coefficient (Wildman–Crippen LogP) is 2.16. The summed E-state index contributed by atoms with van der Waals surface area (Å²) in [6.07, 6.45) is 2.11. The van der Waals surface area contributed by atoms with Gasteiger partial charge in [-0.3, -0.25) is 4.79 Å². The summed E-state index contributed by atoms with van der Waals surface area (Å²) in [6.45, 7) is 6.78. The fraction of sp³-hybridized carbons (Fsp3) is 0.667. The van der Waals surface area contributed by atoms with Crippen LogP contribution in [0.4, 0.5) is 0 Å². The van der Waals surface area contributed by atoms with E-state index in [0.717, 1.165) is 17.8 Å². The van der Waals surface area contributed by atoms with Gasteiger partial charge in [-0.2, -0.15) is 0 Å². The van der Waals surface area contributed by atoms with Crippen LogP contribution >= 0.6 is 11.3 Å². The Bertz CT molecular complexity index is 362. The Morgan fingerprint density at radius 1 is 1.47 bits per heavy atom. The molecule has 0 bridgehead atoms. The molecule has 1 rings (SSSR count). The van der Waals surface area contributed by atoms with Crippen molar-refractivity contribution >= 4 is 17.2 Å². The molecule has 3 N–H and O–H groups in total. The normalized spacial score (nSPS) is 12.8. The van der Waals surface area contributed by atoms with Gasteiger partial charge in [-0.05, 0) is 25.7 Å². The van der Waals surface area contributed by atoms with Crippen LogP contribution in [0.15, 0.2) is 5.38 Å². The monoisotopic (exact) mass is 255 g/mol. The van der Waals surface area contributed by atoms with Gasteiger partial charge in [0.15, 0.2) is 0 Å². The average Bonchev–Trinajstić information content (AvgIpc) is 2.74. The third-order valence-electron chi connectivity index (χ3n) is 2.51. The molecule has 0 aromatic carbocycles. The van der Waals surface area contributed by atoms with Crippen LogP contribution in [0.1, 0.15) is 49.1 Å². The van der Waals surface area contributed by atoms with E-state index in [1.807, 2.05) is 6.92 Å². The van der Waals surface area contributed by atoms with Crippen LogP contribution in [0.2, 0.25) is 0 Å². The molecule has 5 heteroatoms. The van der Waals surface area contributed by atoms with Crippen molar-refractivity contribution in [2.24, 2.45) is 11.7 Å². The summed E-state index contributed by atoms with van der Waals surface area (Å²) < 4.78 is 0. The van der Waals surface area contributed by atoms with Gasteiger partial charge in [0.05, 0.1) is 0 Å². The van der Waals surface area contributed by atoms with E-state index in [1.165, 1.54) is 11.3 Å². The Labute approximate surface area is 107 Å². The second-order valence-electron chi connectivity index (χ2n) is 4.68. The minimum atomic E-state index is -0.0998. The maximum absolute atomic E-state index is 11.8. The van der Waals surface area contributed by atoms with E-state index in [-0.39, 0.29) is 11.9 Å². The lowest BCUT2D eigenvalue weighted by molar-refractivity contribution is 0.0932. The number of hydrogen-bond donors (Lipinski definition) is 2. The summed E-state index contributed by atoms with van der Waals surface area (Å²) in [4.78, 5) is 16.0. The number of nitrogens with two attached hydrogens (primary N) is 1. The van der Waals surface area contributed by atoms with Crippen molar-refractivity contribution in [3.8, 4) is 0 Å². The molecule has 0 spiro atoms. The third-order valence-corrected chi connectivity index (χ3v) is 3.38. The summed E-state index contributed by atoms with van der Waals surface area (Å²) in [5.41, 5.74) is 5.94. The van der Waals surface area contributed by atoms with Gasteiger partial charge in [-0.15, -0.1) is 11.3 Å². The molecule has 1 heterocycles. The van der Waals surface area contributed by atoms with Crippen LogP contribution in [0.5, 0.6) is 0 Å². The molecule has 0 aliphatic carbocycles. The number of hydrogen-bond acceptors (Lipinski definition) is 4. The Balaban J connectivity index is 2.43. The number of carbonyl (C=O) groups is 1. The minimum absolute atomic E-state index is 0.0998. The first-order valence-corrected chi connectivity index (χ1v) is 6.86. The van der Waals surface area contributed by atoms with Crippen LogP contribution in [0.3, 0.4) is 0 Å². The van der Waals surface area contributed by atoms with Crippen molar-refractivity contribution in [3.05, 3.63) is 16.1 Å². The summed E-state index contributed by atoms with van der Waals surface area (Å²) in [6, 6.07) is 0.188. The smallest absolute Gasteiger partial charge is 0.270 e. The average molecular weight is 255 g/mol. The second kappa shape index (κ2) is 6.71. The first kappa shape index (κ1) is 14.1. The van der Waals surface area contributed by atoms with E-state index in [1.54, 1.807) is 5.38 Å². The number of rotatable bonds is 6. The predicted molar refractivity (Wildman–Crippen MR) is 71.0 cm³/mol. The molecule has 0 fully saturated rings. The molecule has 4 nitrogen and oxygen atoms in total. The highest BCUT2D eigenvalue weighted by Gasteiger charge is 2.13. The van der Waals surface area contributed by atoms with Gasteiger partial charge in [0.2, 0.25) is 0 Å². The summed E-state index contributed by atoms with van der Waals surface area (Å²) in [7, 11) is 0. The van der Waals surface area contributed by atoms with E-state index in [9.17, 15) is 4.79 Å². The number of nitrogens with zero attached hydrogens (tertiary/aromatic N) is 1. The first-order chi connectivity index (χ1) is 8.02. The van der Waals surface area contributed by atoms with E-state index in [0.29, 0.717) is 18.2 Å². The van der Waals surface area contributed by atoms with Gasteiger partial charge in [0.1, 0.15) is 10.7 Å². The SMILES string of the molecule is CC(C)CCC(C)NC(=O)c1csc(CN)n1. The van der Waals surface area contributed by atoms with Crippen molar-refractivity contribution < 1.29 is 4.79 Å². The number of carbonyl (C=O) groups excluding carboxylic acids is 1. The molecule has 0 saturated heterocycles. The van der Waals surface area contributed by atoms with Crippen LogP contribution in [0.25, 0.3) is 0 Å². The number of aromatic nitrogens is 1. The van der Waals surface area contributed by atoms with E-state index >= 15 is 0 Å². The van der Waals surface area contributed by atoms with E-state index in [2.05, 4.69) is 24.1 Å². The quantitative estimate of drug-likeness (QED) is 0.818. The topological polar surface area (TPSA) is 68.0 Å². The highest BCUT2D eigenvalue weighted by atomic mass is 32.1. The van der Waals surface area contributed by atoms with Crippen molar-refractivity contribution in [3.63, 3.8) is 0 Å². The number of nitrogens with one attached hydrogen (secondary N) is 1. The highest BCUT2D eigenvalue weighted by Crippen LogP contribution is 2.10. The van der Waals surface area contributed by atoms with Gasteiger partial charge in [0.25, 0.3) is 5.91 Å². The molecule has 1 atom stereocenters. The lowest BCUT2D eigenvalue weighted by atomic mass is 10.0. The molecule has 96 valence electrons. The summed E-state index contributed by atoms with van der Waals surface area (Å²) in [5, 5.41) is 5.51. The molecule has 17 heavy (non-hydrogen) atoms. The lowest BCUT2D eigenvalue weighted by Gasteiger charge is -2.14. The molecule has 0 aliphatic rings.